The maximum atomic E-state index is 13.5. The average Bonchev–Trinajstić information content (AvgIpc) is 3.13. The molecule has 6 rings (SSSR count). The second-order valence-corrected chi connectivity index (χ2v) is 11.9. The largest absolute Gasteiger partial charge is 0.864 e. The van der Waals surface area contributed by atoms with Gasteiger partial charge in [0.05, 0.1) is 16.7 Å². The Kier molecular flexibility index (Phi) is 10.3. The van der Waals surface area contributed by atoms with E-state index in [1.165, 1.54) is 54.6 Å². The van der Waals surface area contributed by atoms with Gasteiger partial charge in [0.15, 0.2) is 0 Å². The number of alkyl halides is 9. The molecule has 0 aliphatic rings. The van der Waals surface area contributed by atoms with Crippen LogP contribution >= 0.6 is 0 Å². The average molecular weight is 770 g/mol. The number of phenols is 3. The van der Waals surface area contributed by atoms with E-state index < -0.39 is 59.8 Å². The van der Waals surface area contributed by atoms with Crippen LogP contribution in [0.5, 0.6) is 34.5 Å². The molecule has 282 valence electrons. The van der Waals surface area contributed by atoms with E-state index in [9.17, 15) is 54.8 Å². The molecule has 55 heavy (non-hydrogen) atoms. The summed E-state index contributed by atoms with van der Waals surface area (Å²) < 4.78 is 139. The molecular weight excluding hydrogens is 746 g/mol. The van der Waals surface area contributed by atoms with E-state index in [0.29, 0.717) is 0 Å². The fraction of sp³-hybridized carbons (Fsp3) is 0.0769. The van der Waals surface area contributed by atoms with E-state index in [2.05, 4.69) is 0 Å². The van der Waals surface area contributed by atoms with Crippen LogP contribution in [0.3, 0.4) is 0 Å². The number of phenolic OH excluding ortho intramolecular Hbond substituents is 3. The van der Waals surface area contributed by atoms with Crippen LogP contribution in [0.2, 0.25) is 0 Å². The number of hydrogen-bond donors (Lipinski definition) is 3. The number of hydrogen-bond acceptors (Lipinski definition) is 6. The Labute approximate surface area is 306 Å². The van der Waals surface area contributed by atoms with Crippen molar-refractivity contribution < 1.29 is 68.8 Å². The zero-order valence-electron chi connectivity index (χ0n) is 27.7. The second kappa shape index (κ2) is 14.8. The highest BCUT2D eigenvalue weighted by Crippen LogP contribution is 2.40. The summed E-state index contributed by atoms with van der Waals surface area (Å²) in [5.74, 6) is -1.66. The van der Waals surface area contributed by atoms with Crippen molar-refractivity contribution in [1.82, 2.24) is 0 Å². The van der Waals surface area contributed by atoms with Gasteiger partial charge in [0.25, 0.3) is 0 Å². The minimum atomic E-state index is -4.69. The van der Waals surface area contributed by atoms with Crippen LogP contribution in [0.25, 0.3) is 33.4 Å². The highest BCUT2D eigenvalue weighted by Gasteiger charge is 2.34. The standard InChI is InChI=1S/C39H24BF9O6/c41-37(42,43)25-7-1-4-22(16-25)31-19-28(10-13-34(31)50)53-40(54-29-11-14-35(51)32(20-29)23-5-2-8-26(17-23)38(44,45)46)55-30-12-15-36(52)33(21-30)24-6-3-9-27(18-24)39(47,48)49/h1-21,50-52H. The van der Waals surface area contributed by atoms with Gasteiger partial charge in [-0.25, -0.2) is 0 Å². The van der Waals surface area contributed by atoms with Crippen LogP contribution in [0.1, 0.15) is 16.7 Å². The van der Waals surface area contributed by atoms with E-state index in [4.69, 9.17) is 14.0 Å². The molecule has 0 bridgehead atoms. The van der Waals surface area contributed by atoms with Gasteiger partial charge in [0.2, 0.25) is 0 Å². The Morgan fingerprint density at radius 3 is 0.891 bits per heavy atom. The maximum Gasteiger partial charge on any atom is 0.864 e. The first kappa shape index (κ1) is 38.3. The number of halogens is 9. The first-order valence-electron chi connectivity index (χ1n) is 15.9. The Bertz CT molecular complexity index is 2080. The van der Waals surface area contributed by atoms with Crippen molar-refractivity contribution in [3.8, 4) is 67.9 Å². The molecule has 0 aliphatic heterocycles. The molecule has 0 radical (unpaired) electrons. The van der Waals surface area contributed by atoms with Gasteiger partial charge in [-0.1, -0.05) is 36.4 Å². The van der Waals surface area contributed by atoms with Crippen molar-refractivity contribution in [2.45, 2.75) is 18.5 Å². The lowest BCUT2D eigenvalue weighted by molar-refractivity contribution is -0.138. The summed E-state index contributed by atoms with van der Waals surface area (Å²) in [7, 11) is -1.86. The second-order valence-electron chi connectivity index (χ2n) is 11.9. The smallest absolute Gasteiger partial charge is 0.507 e. The van der Waals surface area contributed by atoms with Gasteiger partial charge in [-0.2, -0.15) is 39.5 Å². The highest BCUT2D eigenvalue weighted by molar-refractivity contribution is 6.39. The summed E-state index contributed by atoms with van der Waals surface area (Å²) in [6.07, 6.45) is -14.1. The lowest BCUT2D eigenvalue weighted by Crippen LogP contribution is -2.37. The highest BCUT2D eigenvalue weighted by atomic mass is 19.4. The van der Waals surface area contributed by atoms with Crippen LogP contribution in [-0.4, -0.2) is 22.6 Å². The fourth-order valence-electron chi connectivity index (χ4n) is 5.45. The first-order valence-corrected chi connectivity index (χ1v) is 15.9. The summed E-state index contributed by atoms with van der Waals surface area (Å²) >= 11 is 0. The topological polar surface area (TPSA) is 88.4 Å². The lowest BCUT2D eigenvalue weighted by Gasteiger charge is -2.19. The van der Waals surface area contributed by atoms with Gasteiger partial charge < -0.3 is 29.3 Å². The lowest BCUT2D eigenvalue weighted by atomic mass is 10.0. The van der Waals surface area contributed by atoms with Gasteiger partial charge in [0, 0.05) is 16.7 Å². The van der Waals surface area contributed by atoms with E-state index >= 15 is 0 Å². The molecule has 6 aromatic carbocycles. The third-order valence-corrected chi connectivity index (χ3v) is 8.10. The molecular formula is C39H24BF9O6. The van der Waals surface area contributed by atoms with E-state index in [-0.39, 0.29) is 50.6 Å². The van der Waals surface area contributed by atoms with Gasteiger partial charge in [-0.3, -0.25) is 0 Å². The molecule has 0 atom stereocenters. The van der Waals surface area contributed by atoms with E-state index in [1.807, 2.05) is 0 Å². The van der Waals surface area contributed by atoms with Crippen LogP contribution in [-0.2, 0) is 18.5 Å². The van der Waals surface area contributed by atoms with Crippen molar-refractivity contribution in [2.75, 3.05) is 0 Å². The Morgan fingerprint density at radius 2 is 0.636 bits per heavy atom. The molecule has 6 aromatic rings. The van der Waals surface area contributed by atoms with Crippen LogP contribution in [0.4, 0.5) is 39.5 Å². The summed E-state index contributed by atoms with van der Waals surface area (Å²) in [6.45, 7) is 0. The normalized spacial score (nSPS) is 11.9. The summed E-state index contributed by atoms with van der Waals surface area (Å²) in [4.78, 5) is 0. The zero-order chi connectivity index (χ0) is 39.7. The summed E-state index contributed by atoms with van der Waals surface area (Å²) in [5.41, 5.74) is -3.35. The minimum absolute atomic E-state index is 0.0373. The molecule has 0 fully saturated rings. The van der Waals surface area contributed by atoms with E-state index in [1.54, 1.807) is 0 Å². The molecule has 0 saturated heterocycles. The predicted molar refractivity (Wildman–Crippen MR) is 183 cm³/mol. The molecule has 0 spiro atoms. The number of rotatable bonds is 9. The van der Waals surface area contributed by atoms with E-state index in [0.717, 1.165) is 72.8 Å². The zero-order valence-corrected chi connectivity index (χ0v) is 27.7. The molecule has 6 nitrogen and oxygen atoms in total. The Balaban J connectivity index is 1.38. The fourth-order valence-corrected chi connectivity index (χ4v) is 5.45. The Hall–Kier alpha value is -6.45. The van der Waals surface area contributed by atoms with Crippen molar-refractivity contribution >= 4 is 7.32 Å². The molecule has 0 amide bonds. The monoisotopic (exact) mass is 770 g/mol. The molecule has 0 aliphatic carbocycles. The van der Waals surface area contributed by atoms with Crippen LogP contribution in [0, 0.1) is 0 Å². The molecule has 0 unspecified atom stereocenters. The molecule has 0 saturated carbocycles. The predicted octanol–water partition coefficient (Wildman–Crippen LogP) is 11.4. The number of aromatic hydroxyl groups is 3. The van der Waals surface area contributed by atoms with Crippen LogP contribution in [0.15, 0.2) is 127 Å². The van der Waals surface area contributed by atoms with Crippen LogP contribution < -0.4 is 14.0 Å². The first-order chi connectivity index (χ1) is 25.8. The molecule has 0 heterocycles. The van der Waals surface area contributed by atoms with Gasteiger partial charge >= 0.3 is 25.9 Å². The van der Waals surface area contributed by atoms with Crippen molar-refractivity contribution in [3.63, 3.8) is 0 Å². The van der Waals surface area contributed by atoms with Crippen molar-refractivity contribution in [1.29, 1.82) is 0 Å². The van der Waals surface area contributed by atoms with Gasteiger partial charge in [-0.15, -0.1) is 0 Å². The quantitative estimate of drug-likeness (QED) is 0.100. The minimum Gasteiger partial charge on any atom is -0.507 e. The summed E-state index contributed by atoms with van der Waals surface area (Å²) in [5, 5.41) is 31.7. The summed E-state index contributed by atoms with van der Waals surface area (Å²) in [6, 6.07) is 22.9. The Morgan fingerprint density at radius 1 is 0.364 bits per heavy atom. The molecule has 16 heteroatoms. The van der Waals surface area contributed by atoms with Crippen molar-refractivity contribution in [3.05, 3.63) is 144 Å². The van der Waals surface area contributed by atoms with Crippen molar-refractivity contribution in [2.24, 2.45) is 0 Å². The van der Waals surface area contributed by atoms with Gasteiger partial charge in [-0.05, 0) is 108 Å². The van der Waals surface area contributed by atoms with Gasteiger partial charge in [0.1, 0.15) is 34.5 Å². The third-order valence-electron chi connectivity index (χ3n) is 8.10. The molecule has 0 aromatic heterocycles. The number of benzene rings is 6. The maximum absolute atomic E-state index is 13.5. The third kappa shape index (κ3) is 9.03. The molecule has 3 N–H and O–H groups in total. The SMILES string of the molecule is Oc1ccc(OB(Oc2ccc(O)c(-c3cccc(C(F)(F)F)c3)c2)Oc2ccc(O)c(-c3cccc(C(F)(F)F)c3)c2)cc1-c1cccc(C(F)(F)F)c1.